The van der Waals surface area contributed by atoms with Gasteiger partial charge in [-0.05, 0) is 73.7 Å². The Morgan fingerprint density at radius 3 is 2.48 bits per heavy atom. The van der Waals surface area contributed by atoms with Gasteiger partial charge < -0.3 is 25.4 Å². The molecule has 8 nitrogen and oxygen atoms in total. The predicted octanol–water partition coefficient (Wildman–Crippen LogP) is 5.83. The Morgan fingerprint density at radius 2 is 1.68 bits per heavy atom. The molecule has 3 heterocycles. The third-order valence-electron chi connectivity index (χ3n) is 8.37. The van der Waals surface area contributed by atoms with Crippen molar-refractivity contribution in [2.75, 3.05) is 28.6 Å². The molecule has 9 heteroatoms. The van der Waals surface area contributed by atoms with E-state index in [1.165, 1.54) is 6.42 Å². The van der Waals surface area contributed by atoms with Crippen LogP contribution >= 0.6 is 11.6 Å². The number of rotatable bonds is 5. The summed E-state index contributed by atoms with van der Waals surface area (Å²) in [6.07, 6.45) is 6.51. The zero-order valence-corrected chi connectivity index (χ0v) is 23.1. The molecule has 2 aliphatic heterocycles. The molecule has 1 aromatic heterocycles. The second-order valence-corrected chi connectivity index (χ2v) is 11.7. The topological polar surface area (TPSA) is 95.5 Å². The highest BCUT2D eigenvalue weighted by molar-refractivity contribution is 6.30. The van der Waals surface area contributed by atoms with Crippen LogP contribution in [0.25, 0.3) is 0 Å². The van der Waals surface area contributed by atoms with Gasteiger partial charge in [0.05, 0.1) is 11.4 Å². The van der Waals surface area contributed by atoms with Crippen molar-refractivity contribution >= 4 is 40.6 Å². The lowest BCUT2D eigenvalue weighted by Gasteiger charge is -2.44. The van der Waals surface area contributed by atoms with E-state index in [4.69, 9.17) is 11.6 Å². The van der Waals surface area contributed by atoms with E-state index < -0.39 is 6.03 Å². The third-order valence-corrected chi connectivity index (χ3v) is 8.62. The number of hydrogen-bond acceptors (Lipinski definition) is 4. The number of fused-ring (bicyclic) bond motifs is 4. The van der Waals surface area contributed by atoms with E-state index in [2.05, 4.69) is 20.9 Å². The molecular formula is C31H34ClN5O3. The molecule has 1 saturated carbocycles. The molecule has 3 amide bonds. The van der Waals surface area contributed by atoms with Crippen LogP contribution in [0.2, 0.25) is 5.02 Å². The Kier molecular flexibility index (Phi) is 7.52. The number of piperidine rings is 1. The number of nitrogens with one attached hydrogen (secondary N) is 3. The van der Waals surface area contributed by atoms with Crippen molar-refractivity contribution in [2.24, 2.45) is 5.92 Å². The van der Waals surface area contributed by atoms with Crippen molar-refractivity contribution in [3.05, 3.63) is 87.3 Å². The second kappa shape index (κ2) is 11.4. The minimum Gasteiger partial charge on any atom is -0.369 e. The number of pyridine rings is 1. The number of benzene rings is 2. The van der Waals surface area contributed by atoms with Crippen molar-refractivity contribution in [2.45, 2.75) is 57.0 Å². The molecule has 1 aliphatic carbocycles. The fourth-order valence-corrected chi connectivity index (χ4v) is 6.61. The molecule has 2 atom stereocenters. The van der Waals surface area contributed by atoms with Gasteiger partial charge in [0.1, 0.15) is 0 Å². The first kappa shape index (κ1) is 26.4. The van der Waals surface area contributed by atoms with Gasteiger partial charge in [0.2, 0.25) is 0 Å². The summed E-state index contributed by atoms with van der Waals surface area (Å²) < 4.78 is 1.91. The first-order chi connectivity index (χ1) is 19.4. The Bertz CT molecular complexity index is 1460. The molecule has 0 unspecified atom stereocenters. The monoisotopic (exact) mass is 559 g/mol. The number of urea groups is 1. The van der Waals surface area contributed by atoms with Crippen LogP contribution in [-0.4, -0.2) is 35.6 Å². The summed E-state index contributed by atoms with van der Waals surface area (Å²) in [5.41, 5.74) is 3.69. The SMILES string of the molecule is O=C(Nc1ccc(Cl)cc1)Nc1cc(C(=O)NC2CCCCC2)ccc1N1C[C@H]2C[C@@H](C1)c1cccc(=O)n1C2. The molecule has 2 bridgehead atoms. The summed E-state index contributed by atoms with van der Waals surface area (Å²) in [7, 11) is 0. The molecule has 208 valence electrons. The van der Waals surface area contributed by atoms with Crippen LogP contribution in [0.15, 0.2) is 65.5 Å². The maximum atomic E-state index is 13.2. The quantitative estimate of drug-likeness (QED) is 0.366. The Labute approximate surface area is 238 Å². The van der Waals surface area contributed by atoms with Crippen molar-refractivity contribution in [1.82, 2.24) is 9.88 Å². The van der Waals surface area contributed by atoms with Crippen LogP contribution in [0.4, 0.5) is 21.9 Å². The zero-order valence-electron chi connectivity index (χ0n) is 22.4. The van der Waals surface area contributed by atoms with Gasteiger partial charge in [0.15, 0.2) is 0 Å². The van der Waals surface area contributed by atoms with Crippen LogP contribution in [0, 0.1) is 5.92 Å². The average Bonchev–Trinajstić information content (AvgIpc) is 2.95. The van der Waals surface area contributed by atoms with Gasteiger partial charge in [-0.2, -0.15) is 0 Å². The van der Waals surface area contributed by atoms with E-state index in [1.54, 1.807) is 36.4 Å². The first-order valence-electron chi connectivity index (χ1n) is 14.2. The Morgan fingerprint density at radius 1 is 0.875 bits per heavy atom. The fourth-order valence-electron chi connectivity index (χ4n) is 6.48. The minimum absolute atomic E-state index is 0.0511. The molecular weight excluding hydrogens is 526 g/mol. The highest BCUT2D eigenvalue weighted by Crippen LogP contribution is 2.39. The normalized spacial score (nSPS) is 20.4. The minimum atomic E-state index is -0.400. The zero-order chi connectivity index (χ0) is 27.6. The number of halogens is 1. The highest BCUT2D eigenvalue weighted by atomic mass is 35.5. The number of amides is 3. The van der Waals surface area contributed by atoms with Crippen LogP contribution < -0.4 is 26.4 Å². The molecule has 3 N–H and O–H groups in total. The van der Waals surface area contributed by atoms with E-state index in [0.29, 0.717) is 34.4 Å². The smallest absolute Gasteiger partial charge is 0.323 e. The second-order valence-electron chi connectivity index (χ2n) is 11.2. The lowest BCUT2D eigenvalue weighted by Crippen LogP contribution is -2.47. The first-order valence-corrected chi connectivity index (χ1v) is 14.5. The number of nitrogens with zero attached hydrogens (tertiary/aromatic N) is 2. The van der Waals surface area contributed by atoms with Gasteiger partial charge in [0.25, 0.3) is 11.5 Å². The fraction of sp³-hybridized carbons (Fsp3) is 0.387. The van der Waals surface area contributed by atoms with Crippen LogP contribution in [0.5, 0.6) is 0 Å². The summed E-state index contributed by atoms with van der Waals surface area (Å²) in [4.78, 5) is 41.0. The highest BCUT2D eigenvalue weighted by Gasteiger charge is 2.35. The van der Waals surface area contributed by atoms with Gasteiger partial charge >= 0.3 is 6.03 Å². The van der Waals surface area contributed by atoms with E-state index >= 15 is 0 Å². The Balaban J connectivity index is 1.27. The van der Waals surface area contributed by atoms with Gasteiger partial charge in [-0.1, -0.05) is 36.9 Å². The Hall–Kier alpha value is -3.78. The lowest BCUT2D eigenvalue weighted by molar-refractivity contribution is 0.0927. The average molecular weight is 560 g/mol. The van der Waals surface area contributed by atoms with E-state index in [0.717, 1.165) is 56.6 Å². The standard InChI is InChI=1S/C31H34ClN5O3/c32-23-10-12-25(13-11-23)34-31(40)35-26-16-21(30(39)33-24-5-2-1-3-6-24)9-14-28(26)36-17-20-15-22(19-36)27-7-4-8-29(38)37(27)18-20/h4,7-14,16,20,22,24H,1-3,5-6,15,17-19H2,(H,33,39)(H2,34,35,40)/t20-,22+/m1/s1. The molecule has 2 fully saturated rings. The van der Waals surface area contributed by atoms with E-state index in [1.807, 2.05) is 28.8 Å². The maximum Gasteiger partial charge on any atom is 0.323 e. The van der Waals surface area contributed by atoms with Gasteiger partial charge in [0, 0.05) is 59.6 Å². The van der Waals surface area contributed by atoms with Crippen LogP contribution in [0.1, 0.15) is 60.5 Å². The molecule has 3 aliphatic rings. The molecule has 1 saturated heterocycles. The number of anilines is 3. The van der Waals surface area contributed by atoms with Crippen LogP contribution in [0.3, 0.4) is 0 Å². The van der Waals surface area contributed by atoms with Crippen molar-refractivity contribution < 1.29 is 9.59 Å². The van der Waals surface area contributed by atoms with Crippen molar-refractivity contribution in [3.8, 4) is 0 Å². The predicted molar refractivity (Wildman–Crippen MR) is 159 cm³/mol. The molecule has 2 aromatic carbocycles. The van der Waals surface area contributed by atoms with Crippen LogP contribution in [-0.2, 0) is 6.54 Å². The van der Waals surface area contributed by atoms with Gasteiger partial charge in [-0.25, -0.2) is 4.79 Å². The third kappa shape index (κ3) is 5.72. The molecule has 6 rings (SSSR count). The molecule has 0 spiro atoms. The number of carbonyl (C=O) groups excluding carboxylic acids is 2. The lowest BCUT2D eigenvalue weighted by atomic mass is 9.83. The molecule has 40 heavy (non-hydrogen) atoms. The molecule has 3 aromatic rings. The summed E-state index contributed by atoms with van der Waals surface area (Å²) in [6.45, 7) is 2.17. The number of carbonyl (C=O) groups is 2. The van der Waals surface area contributed by atoms with Crippen molar-refractivity contribution in [1.29, 1.82) is 0 Å². The molecule has 0 radical (unpaired) electrons. The summed E-state index contributed by atoms with van der Waals surface area (Å²) in [6, 6.07) is 17.8. The van der Waals surface area contributed by atoms with E-state index in [-0.39, 0.29) is 23.4 Å². The number of aromatic nitrogens is 1. The number of hydrogen-bond donors (Lipinski definition) is 3. The van der Waals surface area contributed by atoms with Gasteiger partial charge in [-0.15, -0.1) is 0 Å². The summed E-state index contributed by atoms with van der Waals surface area (Å²) >= 11 is 5.99. The van der Waals surface area contributed by atoms with Crippen molar-refractivity contribution in [3.63, 3.8) is 0 Å². The van der Waals surface area contributed by atoms with E-state index in [9.17, 15) is 14.4 Å². The van der Waals surface area contributed by atoms with Gasteiger partial charge in [-0.3, -0.25) is 9.59 Å². The summed E-state index contributed by atoms with van der Waals surface area (Å²) in [5.74, 6) is 0.409. The largest absolute Gasteiger partial charge is 0.369 e. The maximum absolute atomic E-state index is 13.2. The summed E-state index contributed by atoms with van der Waals surface area (Å²) in [5, 5.41) is 9.63.